The quantitative estimate of drug-likeness (QED) is 0.484. The molecule has 0 spiro atoms. The van der Waals surface area contributed by atoms with Crippen molar-refractivity contribution in [1.82, 2.24) is 4.72 Å². The molecule has 106 valence electrons. The lowest BCUT2D eigenvalue weighted by Gasteiger charge is -2.11. The Balaban J connectivity index is 2.88. The van der Waals surface area contributed by atoms with Crippen molar-refractivity contribution in [3.8, 4) is 0 Å². The molecule has 1 atom stereocenters. The number of nitrogens with two attached hydrogens (primary N) is 1. The zero-order valence-electron chi connectivity index (χ0n) is 9.96. The van der Waals surface area contributed by atoms with E-state index in [1.165, 1.54) is 6.07 Å². The van der Waals surface area contributed by atoms with Crippen molar-refractivity contribution in [2.45, 2.75) is 11.0 Å². The van der Waals surface area contributed by atoms with Crippen molar-refractivity contribution in [3.05, 3.63) is 24.0 Å². The van der Waals surface area contributed by atoms with Gasteiger partial charge < -0.3 is 15.6 Å². The van der Waals surface area contributed by atoms with Gasteiger partial charge in [-0.3, -0.25) is 0 Å². The Morgan fingerprint density at radius 2 is 2.21 bits per heavy atom. The minimum atomic E-state index is -4.13. The van der Waals surface area contributed by atoms with Crippen molar-refractivity contribution in [2.24, 2.45) is 0 Å². The fraction of sp³-hybridized carbons (Fsp3) is 0.300. The average Bonchev–Trinajstić information content (AvgIpc) is 2.38. The highest BCUT2D eigenvalue weighted by molar-refractivity contribution is 7.89. The van der Waals surface area contributed by atoms with Crippen LogP contribution >= 0.6 is 0 Å². The summed E-state index contributed by atoms with van der Waals surface area (Å²) in [6, 6.07) is 3.29. The van der Waals surface area contributed by atoms with Gasteiger partial charge in [-0.1, -0.05) is 6.07 Å². The monoisotopic (exact) mass is 292 g/mol. The van der Waals surface area contributed by atoms with Gasteiger partial charge in [0, 0.05) is 6.54 Å². The molecular weight excluding hydrogens is 279 g/mol. The third kappa shape index (κ3) is 3.63. The summed E-state index contributed by atoms with van der Waals surface area (Å²) in [6.07, 6.45) is -1.66. The predicted octanol–water partition coefficient (Wildman–Crippen LogP) is -0.780. The number of aliphatic hydroxyl groups is 1. The number of esters is 1. The number of sulfonamides is 1. The maximum absolute atomic E-state index is 13.2. The molecule has 1 aromatic carbocycles. The number of hydrogen-bond donors (Lipinski definition) is 3. The zero-order chi connectivity index (χ0) is 14.6. The molecule has 7 nitrogen and oxygen atoms in total. The van der Waals surface area contributed by atoms with Gasteiger partial charge in [0.2, 0.25) is 10.0 Å². The van der Waals surface area contributed by atoms with E-state index < -0.39 is 45.0 Å². The standard InChI is InChI=1S/C10H13FN2O5S/c1-18-10(15)7(14)5-13-19(16,17)8-4-2-3-6(11)9(8)12/h2-4,7,13-14H,5,12H2,1H3. The number of hydrogen-bond acceptors (Lipinski definition) is 6. The Morgan fingerprint density at radius 1 is 1.58 bits per heavy atom. The molecule has 0 aliphatic rings. The first-order chi connectivity index (χ1) is 8.79. The lowest BCUT2D eigenvalue weighted by molar-refractivity contribution is -0.149. The highest BCUT2D eigenvalue weighted by atomic mass is 32.2. The van der Waals surface area contributed by atoms with Gasteiger partial charge in [0.05, 0.1) is 12.8 Å². The molecule has 4 N–H and O–H groups in total. The number of nitrogens with one attached hydrogen (secondary N) is 1. The molecular formula is C10H13FN2O5S. The van der Waals surface area contributed by atoms with Crippen molar-refractivity contribution in [1.29, 1.82) is 0 Å². The van der Waals surface area contributed by atoms with Gasteiger partial charge in [0.1, 0.15) is 10.7 Å². The number of benzene rings is 1. The molecule has 0 heterocycles. The Bertz CT molecular complexity index is 575. The maximum atomic E-state index is 13.2. The summed E-state index contributed by atoms with van der Waals surface area (Å²) >= 11 is 0. The number of methoxy groups -OCH3 is 1. The van der Waals surface area contributed by atoms with Crippen LogP contribution in [-0.4, -0.2) is 39.3 Å². The van der Waals surface area contributed by atoms with Gasteiger partial charge in [0.15, 0.2) is 6.10 Å². The van der Waals surface area contributed by atoms with Crippen LogP contribution in [0.3, 0.4) is 0 Å². The second-order valence-electron chi connectivity index (χ2n) is 3.54. The first kappa shape index (κ1) is 15.3. The van der Waals surface area contributed by atoms with Gasteiger partial charge in [-0.2, -0.15) is 0 Å². The van der Waals surface area contributed by atoms with Gasteiger partial charge in [-0.05, 0) is 12.1 Å². The predicted molar refractivity (Wildman–Crippen MR) is 64.0 cm³/mol. The fourth-order valence-electron chi connectivity index (χ4n) is 1.24. The third-order valence-electron chi connectivity index (χ3n) is 2.24. The highest BCUT2D eigenvalue weighted by Gasteiger charge is 2.23. The smallest absolute Gasteiger partial charge is 0.336 e. The molecule has 1 rings (SSSR count). The van der Waals surface area contributed by atoms with Crippen molar-refractivity contribution in [2.75, 3.05) is 19.4 Å². The Kier molecular flexibility index (Phi) is 4.81. The molecule has 0 aromatic heterocycles. The normalized spacial score (nSPS) is 13.0. The van der Waals surface area contributed by atoms with Crippen LogP contribution < -0.4 is 10.5 Å². The van der Waals surface area contributed by atoms with E-state index in [9.17, 15) is 22.7 Å². The number of halogens is 1. The van der Waals surface area contributed by atoms with Crippen LogP contribution in [-0.2, 0) is 19.6 Å². The number of ether oxygens (including phenoxy) is 1. The molecule has 0 aliphatic heterocycles. The van der Waals surface area contributed by atoms with E-state index >= 15 is 0 Å². The zero-order valence-corrected chi connectivity index (χ0v) is 10.8. The van der Waals surface area contributed by atoms with Crippen molar-refractivity contribution >= 4 is 21.7 Å². The van der Waals surface area contributed by atoms with Gasteiger partial charge in [0.25, 0.3) is 0 Å². The number of para-hydroxylation sites is 1. The van der Waals surface area contributed by atoms with E-state index in [2.05, 4.69) is 4.74 Å². The average molecular weight is 292 g/mol. The van der Waals surface area contributed by atoms with Gasteiger partial charge in [-0.15, -0.1) is 0 Å². The van der Waals surface area contributed by atoms with Crippen LogP contribution in [0.2, 0.25) is 0 Å². The summed E-state index contributed by atoms with van der Waals surface area (Å²) in [5.41, 5.74) is 4.77. The van der Waals surface area contributed by atoms with Crippen molar-refractivity contribution in [3.63, 3.8) is 0 Å². The lowest BCUT2D eigenvalue weighted by atomic mass is 10.3. The Morgan fingerprint density at radius 3 is 2.79 bits per heavy atom. The van der Waals surface area contributed by atoms with Crippen LogP contribution in [0, 0.1) is 5.82 Å². The number of aliphatic hydroxyl groups excluding tert-OH is 1. The Labute approximate surface area is 109 Å². The summed E-state index contributed by atoms with van der Waals surface area (Å²) in [6.45, 7) is -0.606. The number of rotatable bonds is 5. The minimum absolute atomic E-state index is 0.468. The van der Waals surface area contributed by atoms with E-state index in [0.717, 1.165) is 19.2 Å². The van der Waals surface area contributed by atoms with Crippen LogP contribution in [0.5, 0.6) is 0 Å². The summed E-state index contributed by atoms with van der Waals surface area (Å²) in [5.74, 6) is -1.87. The first-order valence-corrected chi connectivity index (χ1v) is 6.57. The summed E-state index contributed by atoms with van der Waals surface area (Å²) in [5, 5.41) is 9.25. The van der Waals surface area contributed by atoms with E-state index in [1.807, 2.05) is 4.72 Å². The molecule has 0 saturated heterocycles. The molecule has 1 unspecified atom stereocenters. The topological polar surface area (TPSA) is 119 Å². The fourth-order valence-corrected chi connectivity index (χ4v) is 2.41. The molecule has 0 saturated carbocycles. The van der Waals surface area contributed by atoms with Crippen LogP contribution in [0.25, 0.3) is 0 Å². The summed E-state index contributed by atoms with van der Waals surface area (Å²) in [4.78, 5) is 10.4. The Hall–Kier alpha value is -1.71. The number of carbonyl (C=O) groups is 1. The number of nitrogen functional groups attached to an aromatic ring is 1. The number of anilines is 1. The SMILES string of the molecule is COC(=O)C(O)CNS(=O)(=O)c1cccc(F)c1N. The third-order valence-corrected chi connectivity index (χ3v) is 3.72. The van der Waals surface area contributed by atoms with Crippen LogP contribution in [0.1, 0.15) is 0 Å². The second-order valence-corrected chi connectivity index (χ2v) is 5.28. The molecule has 19 heavy (non-hydrogen) atoms. The van der Waals surface area contributed by atoms with E-state index in [0.29, 0.717) is 0 Å². The van der Waals surface area contributed by atoms with Crippen molar-refractivity contribution < 1.29 is 27.4 Å². The molecule has 0 amide bonds. The summed E-state index contributed by atoms with van der Waals surface area (Å²) < 4.78 is 42.9. The molecule has 0 fully saturated rings. The van der Waals surface area contributed by atoms with Crippen LogP contribution in [0.15, 0.2) is 23.1 Å². The van der Waals surface area contributed by atoms with Gasteiger partial charge in [-0.25, -0.2) is 22.3 Å². The van der Waals surface area contributed by atoms with E-state index in [1.54, 1.807) is 0 Å². The lowest BCUT2D eigenvalue weighted by Crippen LogP contribution is -2.37. The molecule has 9 heteroatoms. The van der Waals surface area contributed by atoms with E-state index in [4.69, 9.17) is 5.73 Å². The van der Waals surface area contributed by atoms with Crippen LogP contribution in [0.4, 0.5) is 10.1 Å². The first-order valence-electron chi connectivity index (χ1n) is 5.09. The molecule has 1 aromatic rings. The van der Waals surface area contributed by atoms with E-state index in [-0.39, 0.29) is 0 Å². The van der Waals surface area contributed by atoms with Gasteiger partial charge >= 0.3 is 5.97 Å². The highest BCUT2D eigenvalue weighted by Crippen LogP contribution is 2.20. The second kappa shape index (κ2) is 5.95. The molecule has 0 bridgehead atoms. The summed E-state index contributed by atoms with van der Waals surface area (Å²) in [7, 11) is -3.09. The molecule has 0 aliphatic carbocycles. The molecule has 0 radical (unpaired) electrons. The maximum Gasteiger partial charge on any atom is 0.336 e. The minimum Gasteiger partial charge on any atom is -0.467 e. The number of carbonyl (C=O) groups excluding carboxylic acids is 1. The largest absolute Gasteiger partial charge is 0.467 e.